The molecule has 1 nitrogen and oxygen atoms in total. The van der Waals surface area contributed by atoms with Gasteiger partial charge in [0.05, 0.1) is 0 Å². The highest BCUT2D eigenvalue weighted by molar-refractivity contribution is 6.74. The maximum Gasteiger partial charge on any atom is 0.192 e. The Hall–Kier alpha value is -1.38. The molecule has 0 heterocycles. The monoisotopic (exact) mass is 312 g/mol. The highest BCUT2D eigenvalue weighted by Crippen LogP contribution is 2.37. The van der Waals surface area contributed by atoms with Gasteiger partial charge in [-0.2, -0.15) is 0 Å². The lowest BCUT2D eigenvalue weighted by molar-refractivity contribution is 0.278. The van der Waals surface area contributed by atoms with Crippen molar-refractivity contribution in [2.75, 3.05) is 6.61 Å². The van der Waals surface area contributed by atoms with Gasteiger partial charge < -0.3 is 4.43 Å². The molecule has 2 aromatic carbocycles. The van der Waals surface area contributed by atoms with Gasteiger partial charge in [0.15, 0.2) is 8.32 Å². The Morgan fingerprint density at radius 2 is 1.73 bits per heavy atom. The highest BCUT2D eigenvalue weighted by Gasteiger charge is 2.37. The van der Waals surface area contributed by atoms with Crippen molar-refractivity contribution in [1.82, 2.24) is 0 Å². The molecule has 0 aliphatic carbocycles. The van der Waals surface area contributed by atoms with E-state index in [0.717, 1.165) is 0 Å². The van der Waals surface area contributed by atoms with Crippen LogP contribution in [0.3, 0.4) is 0 Å². The molecule has 2 aromatic rings. The first kappa shape index (κ1) is 17.0. The van der Waals surface area contributed by atoms with E-state index in [-0.39, 0.29) is 11.0 Å². The van der Waals surface area contributed by atoms with E-state index < -0.39 is 8.32 Å². The van der Waals surface area contributed by atoms with Crippen molar-refractivity contribution in [1.29, 1.82) is 0 Å². The molecule has 1 unspecified atom stereocenters. The average molecular weight is 313 g/mol. The Morgan fingerprint density at radius 3 is 2.36 bits per heavy atom. The third-order valence-electron chi connectivity index (χ3n) is 4.94. The first-order chi connectivity index (χ1) is 10.3. The lowest BCUT2D eigenvalue weighted by atomic mass is 9.94. The summed E-state index contributed by atoms with van der Waals surface area (Å²) in [4.78, 5) is 0. The fraction of sp³-hybridized carbons (Fsp3) is 0.400. The van der Waals surface area contributed by atoms with Crippen LogP contribution in [-0.4, -0.2) is 14.9 Å². The van der Waals surface area contributed by atoms with E-state index in [2.05, 4.69) is 82.9 Å². The van der Waals surface area contributed by atoms with Crippen LogP contribution in [-0.2, 0) is 4.43 Å². The molecule has 0 aliphatic rings. The second kappa shape index (κ2) is 6.39. The Labute approximate surface area is 136 Å². The van der Waals surface area contributed by atoms with E-state index in [1.165, 1.54) is 16.3 Å². The molecule has 0 spiro atoms. The molecule has 0 radical (unpaired) electrons. The summed E-state index contributed by atoms with van der Waals surface area (Å²) >= 11 is 0. The molecule has 0 saturated carbocycles. The van der Waals surface area contributed by atoms with Gasteiger partial charge in [-0.05, 0) is 34.5 Å². The molecule has 0 fully saturated rings. The summed E-state index contributed by atoms with van der Waals surface area (Å²) in [7, 11) is -1.73. The van der Waals surface area contributed by atoms with E-state index >= 15 is 0 Å². The van der Waals surface area contributed by atoms with Crippen LogP contribution in [0.15, 0.2) is 55.1 Å². The zero-order valence-electron chi connectivity index (χ0n) is 14.5. The largest absolute Gasteiger partial charge is 0.416 e. The molecule has 22 heavy (non-hydrogen) atoms. The molecule has 2 heteroatoms. The van der Waals surface area contributed by atoms with E-state index in [1.807, 2.05) is 6.08 Å². The van der Waals surface area contributed by atoms with Crippen LogP contribution >= 0.6 is 0 Å². The third kappa shape index (κ3) is 3.50. The van der Waals surface area contributed by atoms with E-state index in [9.17, 15) is 0 Å². The van der Waals surface area contributed by atoms with Crippen LogP contribution in [0.2, 0.25) is 18.1 Å². The predicted octanol–water partition coefficient (Wildman–Crippen LogP) is 6.13. The van der Waals surface area contributed by atoms with Gasteiger partial charge in [0, 0.05) is 12.5 Å². The van der Waals surface area contributed by atoms with Crippen molar-refractivity contribution >= 4 is 19.1 Å². The smallest absolute Gasteiger partial charge is 0.192 e. The fourth-order valence-corrected chi connectivity index (χ4v) is 3.40. The molecule has 1 atom stereocenters. The molecule has 0 saturated heterocycles. The Kier molecular flexibility index (Phi) is 4.93. The lowest BCUT2D eigenvalue weighted by Gasteiger charge is -2.37. The molecular weight excluding hydrogens is 284 g/mol. The van der Waals surface area contributed by atoms with Crippen LogP contribution in [0, 0.1) is 0 Å². The molecule has 118 valence electrons. The van der Waals surface area contributed by atoms with Gasteiger partial charge in [-0.1, -0.05) is 69.3 Å². The van der Waals surface area contributed by atoms with Crippen LogP contribution < -0.4 is 0 Å². The van der Waals surface area contributed by atoms with Gasteiger partial charge in [-0.3, -0.25) is 0 Å². The standard InChI is InChI=1S/C20H28OSi/c1-7-16(15-21-22(5,6)20(2,3)4)18-14-10-12-17-11-8-9-13-19(17)18/h7-14,16H,1,15H2,2-6H3. The van der Waals surface area contributed by atoms with Crippen LogP contribution in [0.1, 0.15) is 32.3 Å². The van der Waals surface area contributed by atoms with E-state index in [0.29, 0.717) is 6.61 Å². The van der Waals surface area contributed by atoms with Crippen LogP contribution in [0.4, 0.5) is 0 Å². The second-order valence-corrected chi connectivity index (χ2v) is 12.3. The van der Waals surface area contributed by atoms with Crippen LogP contribution in [0.5, 0.6) is 0 Å². The summed E-state index contributed by atoms with van der Waals surface area (Å²) < 4.78 is 6.42. The zero-order chi connectivity index (χ0) is 16.4. The molecule has 0 bridgehead atoms. The predicted molar refractivity (Wildman–Crippen MR) is 100 cm³/mol. The lowest BCUT2D eigenvalue weighted by Crippen LogP contribution is -2.41. The summed E-state index contributed by atoms with van der Waals surface area (Å²) in [5, 5.41) is 2.81. The van der Waals surface area contributed by atoms with E-state index in [4.69, 9.17) is 4.43 Å². The average Bonchev–Trinajstić information content (AvgIpc) is 2.47. The SMILES string of the molecule is C=CC(CO[Si](C)(C)C(C)(C)C)c1cccc2ccccc12. The minimum absolute atomic E-state index is 0.234. The quantitative estimate of drug-likeness (QED) is 0.476. The molecule has 0 amide bonds. The molecule has 0 aromatic heterocycles. The number of rotatable bonds is 5. The van der Waals surface area contributed by atoms with Gasteiger partial charge >= 0.3 is 0 Å². The fourth-order valence-electron chi connectivity index (χ4n) is 2.37. The van der Waals surface area contributed by atoms with E-state index in [1.54, 1.807) is 0 Å². The van der Waals surface area contributed by atoms with Crippen molar-refractivity contribution in [2.45, 2.75) is 44.8 Å². The summed E-state index contributed by atoms with van der Waals surface area (Å²) in [6.07, 6.45) is 2.02. The van der Waals surface area contributed by atoms with Gasteiger partial charge in [0.25, 0.3) is 0 Å². The Balaban J connectivity index is 2.27. The maximum atomic E-state index is 6.42. The number of hydrogen-bond donors (Lipinski definition) is 0. The summed E-state index contributed by atoms with van der Waals surface area (Å²) in [5.74, 6) is 0.236. The van der Waals surface area contributed by atoms with Crippen molar-refractivity contribution in [2.24, 2.45) is 0 Å². The number of fused-ring (bicyclic) bond motifs is 1. The van der Waals surface area contributed by atoms with Crippen molar-refractivity contribution < 1.29 is 4.43 Å². The normalized spacial score (nSPS) is 14.0. The maximum absolute atomic E-state index is 6.42. The minimum Gasteiger partial charge on any atom is -0.416 e. The van der Waals surface area contributed by atoms with Gasteiger partial charge in [-0.15, -0.1) is 6.58 Å². The first-order valence-corrected chi connectivity index (χ1v) is 10.9. The van der Waals surface area contributed by atoms with Gasteiger partial charge in [0.2, 0.25) is 0 Å². The number of benzene rings is 2. The topological polar surface area (TPSA) is 9.23 Å². The molecule has 0 N–H and O–H groups in total. The Bertz CT molecular complexity index is 647. The summed E-state index contributed by atoms with van der Waals surface area (Å²) in [5.41, 5.74) is 1.31. The Morgan fingerprint density at radius 1 is 1.09 bits per heavy atom. The zero-order valence-corrected chi connectivity index (χ0v) is 15.5. The highest BCUT2D eigenvalue weighted by atomic mass is 28.4. The van der Waals surface area contributed by atoms with Crippen molar-refractivity contribution in [3.8, 4) is 0 Å². The summed E-state index contributed by atoms with van der Waals surface area (Å²) in [6, 6.07) is 15.0. The third-order valence-corrected chi connectivity index (χ3v) is 9.44. The van der Waals surface area contributed by atoms with Crippen LogP contribution in [0.25, 0.3) is 10.8 Å². The molecular formula is C20H28OSi. The molecule has 2 rings (SSSR count). The molecule has 0 aliphatic heterocycles. The van der Waals surface area contributed by atoms with Gasteiger partial charge in [0.1, 0.15) is 0 Å². The van der Waals surface area contributed by atoms with Crippen molar-refractivity contribution in [3.63, 3.8) is 0 Å². The minimum atomic E-state index is -1.73. The summed E-state index contributed by atoms with van der Waals surface area (Å²) in [6.45, 7) is 16.2. The second-order valence-electron chi connectivity index (χ2n) is 7.48. The number of hydrogen-bond acceptors (Lipinski definition) is 1. The van der Waals surface area contributed by atoms with Crippen molar-refractivity contribution in [3.05, 3.63) is 60.7 Å². The first-order valence-electron chi connectivity index (χ1n) is 8.00. The van der Waals surface area contributed by atoms with Gasteiger partial charge in [-0.25, -0.2) is 0 Å².